The number of rotatable bonds is 4. The van der Waals surface area contributed by atoms with Gasteiger partial charge in [0.25, 0.3) is 0 Å². The van der Waals surface area contributed by atoms with E-state index in [4.69, 9.17) is 4.74 Å². The Balaban J connectivity index is 1.65. The van der Waals surface area contributed by atoms with Gasteiger partial charge in [-0.05, 0) is 52.0 Å². The molecule has 4 nitrogen and oxygen atoms in total. The highest BCUT2D eigenvalue weighted by molar-refractivity contribution is 5.79. The quantitative estimate of drug-likeness (QED) is 0.865. The summed E-state index contributed by atoms with van der Waals surface area (Å²) in [5, 5.41) is 3.45. The Labute approximate surface area is 128 Å². The first-order chi connectivity index (χ1) is 10.2. The molecule has 3 atom stereocenters. The van der Waals surface area contributed by atoms with Crippen LogP contribution >= 0.6 is 0 Å². The molecule has 4 heteroatoms. The fraction of sp³-hybridized carbons (Fsp3) is 0.941. The summed E-state index contributed by atoms with van der Waals surface area (Å²) in [5.74, 6) is 0.633. The van der Waals surface area contributed by atoms with Crippen LogP contribution < -0.4 is 5.32 Å². The van der Waals surface area contributed by atoms with Crippen molar-refractivity contribution in [2.45, 2.75) is 76.5 Å². The van der Waals surface area contributed by atoms with Crippen molar-refractivity contribution in [2.75, 3.05) is 19.7 Å². The van der Waals surface area contributed by atoms with Crippen molar-refractivity contribution in [3.8, 4) is 0 Å². The fourth-order valence-corrected chi connectivity index (χ4v) is 4.23. The molecule has 2 aliphatic heterocycles. The number of nitrogens with zero attached hydrogens (tertiary/aromatic N) is 1. The van der Waals surface area contributed by atoms with Crippen LogP contribution in [0.25, 0.3) is 0 Å². The smallest absolute Gasteiger partial charge is 0.226 e. The first kappa shape index (κ1) is 15.3. The minimum absolute atomic E-state index is 0.225. The van der Waals surface area contributed by atoms with Crippen LogP contribution in [-0.2, 0) is 9.53 Å². The zero-order valence-electron chi connectivity index (χ0n) is 13.4. The Hall–Kier alpha value is -0.610. The van der Waals surface area contributed by atoms with E-state index in [1.165, 1.54) is 25.7 Å². The highest BCUT2D eigenvalue weighted by atomic mass is 16.5. The lowest BCUT2D eigenvalue weighted by Gasteiger charge is -2.36. The molecule has 0 radical (unpaired) electrons. The van der Waals surface area contributed by atoms with E-state index in [-0.39, 0.29) is 12.0 Å². The third-order valence-corrected chi connectivity index (χ3v) is 5.45. The summed E-state index contributed by atoms with van der Waals surface area (Å²) in [6.45, 7) is 4.89. The van der Waals surface area contributed by atoms with E-state index in [2.05, 4.69) is 17.1 Å². The van der Waals surface area contributed by atoms with Crippen molar-refractivity contribution in [1.82, 2.24) is 10.2 Å². The average Bonchev–Trinajstić information content (AvgIpc) is 3.17. The topological polar surface area (TPSA) is 41.6 Å². The molecule has 120 valence electrons. The molecule has 0 aromatic heterocycles. The van der Waals surface area contributed by atoms with Crippen LogP contribution in [0.1, 0.15) is 58.3 Å². The molecule has 3 aliphatic rings. The molecule has 2 heterocycles. The molecular weight excluding hydrogens is 264 g/mol. The summed E-state index contributed by atoms with van der Waals surface area (Å²) in [5.41, 5.74) is 0. The minimum Gasteiger partial charge on any atom is -0.376 e. The van der Waals surface area contributed by atoms with Gasteiger partial charge in [-0.3, -0.25) is 4.79 Å². The predicted molar refractivity (Wildman–Crippen MR) is 83.1 cm³/mol. The SMILES string of the molecule is C[C@H]1C[C@@H](C(=O)N(CC2CCCO2)C2CCCC2)CCN1. The van der Waals surface area contributed by atoms with Crippen LogP contribution in [0.4, 0.5) is 0 Å². The number of carbonyl (C=O) groups excluding carboxylic acids is 1. The third kappa shape index (κ3) is 3.78. The largest absolute Gasteiger partial charge is 0.376 e. The van der Waals surface area contributed by atoms with Crippen molar-refractivity contribution >= 4 is 5.91 Å². The summed E-state index contributed by atoms with van der Waals surface area (Å²) >= 11 is 0. The standard InChI is InChI=1S/C17H30N2O2/c1-13-11-14(8-9-18-13)17(20)19(15-5-2-3-6-15)12-16-7-4-10-21-16/h13-16,18H,2-12H2,1H3/t13-,14-,16?/m0/s1. The van der Waals surface area contributed by atoms with Crippen LogP contribution in [-0.4, -0.2) is 48.7 Å². The summed E-state index contributed by atoms with van der Waals surface area (Å²) in [4.78, 5) is 15.3. The van der Waals surface area contributed by atoms with Gasteiger partial charge >= 0.3 is 0 Å². The first-order valence-electron chi connectivity index (χ1n) is 8.89. The maximum atomic E-state index is 13.1. The number of nitrogens with one attached hydrogen (secondary N) is 1. The van der Waals surface area contributed by atoms with E-state index in [0.29, 0.717) is 18.0 Å². The summed E-state index contributed by atoms with van der Waals surface area (Å²) < 4.78 is 5.80. The van der Waals surface area contributed by atoms with Gasteiger partial charge in [0.1, 0.15) is 0 Å². The van der Waals surface area contributed by atoms with Crippen molar-refractivity contribution in [1.29, 1.82) is 0 Å². The summed E-state index contributed by atoms with van der Waals surface area (Å²) in [7, 11) is 0. The molecule has 3 fully saturated rings. The maximum Gasteiger partial charge on any atom is 0.226 e. The van der Waals surface area contributed by atoms with Crippen LogP contribution in [0.3, 0.4) is 0 Å². The molecule has 0 bridgehead atoms. The molecule has 0 aromatic carbocycles. The molecule has 1 saturated carbocycles. The van der Waals surface area contributed by atoms with E-state index in [9.17, 15) is 4.79 Å². The van der Waals surface area contributed by atoms with Gasteiger partial charge in [0.2, 0.25) is 5.91 Å². The van der Waals surface area contributed by atoms with E-state index >= 15 is 0 Å². The zero-order chi connectivity index (χ0) is 14.7. The van der Waals surface area contributed by atoms with Gasteiger partial charge in [0, 0.05) is 31.2 Å². The number of hydrogen-bond acceptors (Lipinski definition) is 3. The highest BCUT2D eigenvalue weighted by Gasteiger charge is 2.35. The van der Waals surface area contributed by atoms with Crippen molar-refractivity contribution in [2.24, 2.45) is 5.92 Å². The zero-order valence-corrected chi connectivity index (χ0v) is 13.4. The van der Waals surface area contributed by atoms with Crippen LogP contribution in [0, 0.1) is 5.92 Å². The van der Waals surface area contributed by atoms with E-state index < -0.39 is 0 Å². The monoisotopic (exact) mass is 294 g/mol. The molecule has 0 spiro atoms. The lowest BCUT2D eigenvalue weighted by molar-refractivity contribution is -0.140. The van der Waals surface area contributed by atoms with Gasteiger partial charge < -0.3 is 15.0 Å². The lowest BCUT2D eigenvalue weighted by atomic mass is 9.91. The van der Waals surface area contributed by atoms with Gasteiger partial charge in [0.15, 0.2) is 0 Å². The Morgan fingerprint density at radius 3 is 2.67 bits per heavy atom. The Morgan fingerprint density at radius 1 is 1.19 bits per heavy atom. The van der Waals surface area contributed by atoms with Crippen molar-refractivity contribution in [3.63, 3.8) is 0 Å². The number of carbonyl (C=O) groups is 1. The second kappa shape index (κ2) is 7.10. The van der Waals surface area contributed by atoms with Crippen LogP contribution in [0.15, 0.2) is 0 Å². The lowest BCUT2D eigenvalue weighted by Crippen LogP contribution is -2.49. The molecule has 2 saturated heterocycles. The molecule has 1 aliphatic carbocycles. The number of amides is 1. The molecule has 1 unspecified atom stereocenters. The average molecular weight is 294 g/mol. The molecule has 0 aromatic rings. The van der Waals surface area contributed by atoms with E-state index in [1.54, 1.807) is 0 Å². The Kier molecular flexibility index (Phi) is 5.17. The second-order valence-electron chi connectivity index (χ2n) is 7.14. The maximum absolute atomic E-state index is 13.1. The third-order valence-electron chi connectivity index (χ3n) is 5.45. The molecule has 1 amide bonds. The summed E-state index contributed by atoms with van der Waals surface area (Å²) in [6, 6.07) is 0.952. The van der Waals surface area contributed by atoms with Crippen molar-refractivity contribution in [3.05, 3.63) is 0 Å². The number of piperidine rings is 1. The molecule has 21 heavy (non-hydrogen) atoms. The number of ether oxygens (including phenoxy) is 1. The van der Waals surface area contributed by atoms with Gasteiger partial charge in [-0.25, -0.2) is 0 Å². The van der Waals surface area contributed by atoms with Crippen LogP contribution in [0.2, 0.25) is 0 Å². The molecule has 3 rings (SSSR count). The van der Waals surface area contributed by atoms with Gasteiger partial charge in [-0.1, -0.05) is 12.8 Å². The normalized spacial score (nSPS) is 34.2. The minimum atomic E-state index is 0.225. The Bertz CT molecular complexity index is 349. The first-order valence-corrected chi connectivity index (χ1v) is 8.89. The highest BCUT2D eigenvalue weighted by Crippen LogP contribution is 2.29. The molecule has 1 N–H and O–H groups in total. The molecular formula is C17H30N2O2. The van der Waals surface area contributed by atoms with E-state index in [0.717, 1.165) is 45.4 Å². The van der Waals surface area contributed by atoms with Crippen molar-refractivity contribution < 1.29 is 9.53 Å². The fourth-order valence-electron chi connectivity index (χ4n) is 4.23. The van der Waals surface area contributed by atoms with Crippen LogP contribution in [0.5, 0.6) is 0 Å². The predicted octanol–water partition coefficient (Wildman–Crippen LogP) is 2.32. The number of hydrogen-bond donors (Lipinski definition) is 1. The van der Waals surface area contributed by atoms with E-state index in [1.807, 2.05) is 0 Å². The van der Waals surface area contributed by atoms with Gasteiger partial charge in [-0.2, -0.15) is 0 Å². The summed E-state index contributed by atoms with van der Waals surface area (Å²) in [6.07, 6.45) is 9.50. The Morgan fingerprint density at radius 2 is 2.00 bits per heavy atom. The van der Waals surface area contributed by atoms with Gasteiger partial charge in [0.05, 0.1) is 6.10 Å². The second-order valence-corrected chi connectivity index (χ2v) is 7.14. The van der Waals surface area contributed by atoms with Gasteiger partial charge in [-0.15, -0.1) is 0 Å².